The third-order valence-electron chi connectivity index (χ3n) is 16.5. The third kappa shape index (κ3) is 75.2. The predicted octanol–water partition coefficient (Wildman–Crippen LogP) is 22.8. The highest BCUT2D eigenvalue weighted by molar-refractivity contribution is 7.47. The Balaban J connectivity index is 4.34. The van der Waals surface area contributed by atoms with E-state index in [9.17, 15) is 43.5 Å². The molecule has 16 nitrogen and oxygen atoms in total. The van der Waals surface area contributed by atoms with Crippen molar-refractivity contribution in [1.82, 2.24) is 0 Å². The molecule has 0 bridgehead atoms. The summed E-state index contributed by atoms with van der Waals surface area (Å²) in [5, 5.41) is 20.6. The number of aliphatic hydroxyl groups excluding tert-OH is 2. The van der Waals surface area contributed by atoms with Crippen molar-refractivity contribution in [1.29, 1.82) is 0 Å². The van der Waals surface area contributed by atoms with Gasteiger partial charge in [0.05, 0.1) is 26.4 Å². The second-order valence-electron chi connectivity index (χ2n) is 26.1. The molecule has 0 amide bonds. The lowest BCUT2D eigenvalue weighted by molar-refractivity contribution is -0.161. The minimum absolute atomic E-state index is 0.0925. The van der Waals surface area contributed by atoms with E-state index in [4.69, 9.17) is 32.3 Å². The zero-order valence-corrected chi connectivity index (χ0v) is 64.2. The fraction of sp³-hybridized carbons (Fsp3) is 0.741. The van der Waals surface area contributed by atoms with Gasteiger partial charge in [0.2, 0.25) is 0 Å². The molecule has 18 heteroatoms. The van der Waals surface area contributed by atoms with Gasteiger partial charge in [-0.2, -0.15) is 0 Å². The molecule has 5 unspecified atom stereocenters. The van der Waals surface area contributed by atoms with Crippen molar-refractivity contribution in [2.45, 2.75) is 347 Å². The number of carbonyl (C=O) groups excluding carboxylic acids is 3. The molecule has 572 valence electrons. The van der Waals surface area contributed by atoms with E-state index in [1.165, 1.54) is 128 Å². The Morgan fingerprint density at radius 2 is 0.535 bits per heavy atom. The summed E-state index contributed by atoms with van der Waals surface area (Å²) in [5.41, 5.74) is 0. The molecule has 0 aromatic rings. The Morgan fingerprint density at radius 3 is 0.879 bits per heavy atom. The third-order valence-corrected chi connectivity index (χ3v) is 18.4. The lowest BCUT2D eigenvalue weighted by Gasteiger charge is -2.21. The molecule has 0 rings (SSSR count). The Bertz CT molecular complexity index is 2240. The molecule has 0 aliphatic carbocycles. The summed E-state index contributed by atoms with van der Waals surface area (Å²) < 4.78 is 61.0. The van der Waals surface area contributed by atoms with E-state index in [1.807, 2.05) is 0 Å². The van der Waals surface area contributed by atoms with Gasteiger partial charge in [0, 0.05) is 19.3 Å². The number of esters is 3. The second kappa shape index (κ2) is 73.9. The van der Waals surface area contributed by atoms with Gasteiger partial charge in [-0.15, -0.1) is 0 Å². The van der Waals surface area contributed by atoms with Crippen LogP contribution in [0.15, 0.2) is 109 Å². The quantitative estimate of drug-likeness (QED) is 0.0146. The van der Waals surface area contributed by atoms with Crippen molar-refractivity contribution < 1.29 is 75.8 Å². The first kappa shape index (κ1) is 95.2. The Labute approximate surface area is 602 Å². The summed E-state index contributed by atoms with van der Waals surface area (Å²) >= 11 is 0. The van der Waals surface area contributed by atoms with Crippen LogP contribution in [0.25, 0.3) is 0 Å². The van der Waals surface area contributed by atoms with E-state index in [1.54, 1.807) is 0 Å². The number of allylic oxidation sites excluding steroid dienone is 18. The average molecular weight is 1430 g/mol. The predicted molar refractivity (Wildman–Crippen MR) is 408 cm³/mol. The molecule has 0 aliphatic heterocycles. The average Bonchev–Trinajstić information content (AvgIpc) is 1.09. The largest absolute Gasteiger partial charge is 0.472 e. The molecular weight excluding hydrogens is 1290 g/mol. The van der Waals surface area contributed by atoms with E-state index in [-0.39, 0.29) is 19.3 Å². The molecule has 0 fully saturated rings. The van der Waals surface area contributed by atoms with Gasteiger partial charge in [0.15, 0.2) is 6.10 Å². The highest BCUT2D eigenvalue weighted by Crippen LogP contribution is 2.45. The van der Waals surface area contributed by atoms with E-state index < -0.39 is 91.5 Å². The van der Waals surface area contributed by atoms with Crippen molar-refractivity contribution in [3.05, 3.63) is 109 Å². The normalized spacial score (nSPS) is 14.6. The van der Waals surface area contributed by atoms with Crippen LogP contribution in [0.5, 0.6) is 0 Å². The summed E-state index contributed by atoms with van der Waals surface area (Å²) in [5.74, 6) is -1.59. The van der Waals surface area contributed by atoms with Crippen LogP contribution in [0.4, 0.5) is 0 Å². The zero-order chi connectivity index (χ0) is 72.3. The van der Waals surface area contributed by atoms with E-state index in [2.05, 4.69) is 130 Å². The van der Waals surface area contributed by atoms with Gasteiger partial charge in [-0.1, -0.05) is 291 Å². The van der Waals surface area contributed by atoms with Crippen molar-refractivity contribution in [2.24, 2.45) is 0 Å². The molecular formula is C81H142O16P2. The summed E-state index contributed by atoms with van der Waals surface area (Å²) in [7, 11) is -9.78. The van der Waals surface area contributed by atoms with Gasteiger partial charge in [-0.3, -0.25) is 32.5 Å². The molecule has 0 aromatic heterocycles. The molecule has 0 radical (unpaired) electrons. The number of hydrogen-bond acceptors (Lipinski definition) is 14. The van der Waals surface area contributed by atoms with Crippen LogP contribution in [0.3, 0.4) is 0 Å². The van der Waals surface area contributed by atoms with Gasteiger partial charge in [0.25, 0.3) is 0 Å². The SMILES string of the molecule is CC/C=C\C/C=C\C/C=C\C/C=C\C/C=C\C/C=C\CCCCCCCCCCCCCCCCCCC(=O)OCC(O)COP(=O)(O)OCC(O)COP(=O)(O)OCC(COC(=O)CCCCCCC/C=C\C/C=C\CCCCC)OC(=O)CCCCCCC/C=C\CCCCCC. The highest BCUT2D eigenvalue weighted by atomic mass is 31.2. The maximum atomic E-state index is 12.9. The molecule has 99 heavy (non-hydrogen) atoms. The minimum atomic E-state index is -4.93. The Kier molecular flexibility index (Phi) is 71.1. The van der Waals surface area contributed by atoms with Crippen molar-refractivity contribution >= 4 is 33.6 Å². The standard InChI is InChI=1S/C81H142O16P2/c1-4-7-10-13-16-19-22-25-27-28-29-30-31-32-33-34-35-36-37-38-39-40-41-42-43-44-45-46-48-51-52-55-58-61-64-67-79(84)91-70-76(82)71-93-98(87,88)94-72-77(83)73-95-99(89,90)96-75-78(97-81(86)69-66-63-60-57-54-49-24-21-18-15-12-9-6-3)74-92-80(85)68-65-62-59-56-53-50-47-26-23-20-17-14-11-8-5-2/h7,10,16-17,19-21,24-27,29-30,32-33,35-36,47,76-78,82-83H,4-6,8-9,11-15,18,22-23,28,31,34,37-46,48-75H2,1-3H3,(H,87,88)(H,89,90)/b10-7-,19-16-,20-17-,24-21-,27-25-,30-29-,33-32-,36-35-,47-26-. The van der Waals surface area contributed by atoms with Crippen LogP contribution in [-0.2, 0) is 55.8 Å². The lowest BCUT2D eigenvalue weighted by Crippen LogP contribution is -2.30. The maximum absolute atomic E-state index is 12.9. The number of hydrogen-bond donors (Lipinski definition) is 4. The van der Waals surface area contributed by atoms with Crippen LogP contribution in [0.2, 0.25) is 0 Å². The van der Waals surface area contributed by atoms with E-state index in [0.29, 0.717) is 19.3 Å². The first-order valence-corrected chi connectivity index (χ1v) is 42.2. The molecule has 0 spiro atoms. The lowest BCUT2D eigenvalue weighted by atomic mass is 10.0. The summed E-state index contributed by atoms with van der Waals surface area (Å²) in [6.45, 7) is 2.51. The Morgan fingerprint density at radius 1 is 0.293 bits per heavy atom. The van der Waals surface area contributed by atoms with Crippen LogP contribution < -0.4 is 0 Å². The van der Waals surface area contributed by atoms with Gasteiger partial charge < -0.3 is 34.2 Å². The van der Waals surface area contributed by atoms with Crippen molar-refractivity contribution in [3.8, 4) is 0 Å². The van der Waals surface area contributed by atoms with Gasteiger partial charge in [-0.05, 0) is 128 Å². The van der Waals surface area contributed by atoms with Gasteiger partial charge >= 0.3 is 33.6 Å². The molecule has 0 heterocycles. The summed E-state index contributed by atoms with van der Waals surface area (Å²) in [6.07, 6.45) is 85.9. The molecule has 5 atom stereocenters. The minimum Gasteiger partial charge on any atom is -0.463 e. The molecule has 0 saturated carbocycles. The summed E-state index contributed by atoms with van der Waals surface area (Å²) in [4.78, 5) is 58.5. The first-order chi connectivity index (χ1) is 48.2. The number of phosphoric acid groups is 2. The number of rotatable bonds is 74. The highest BCUT2D eigenvalue weighted by Gasteiger charge is 2.29. The van der Waals surface area contributed by atoms with Crippen LogP contribution in [0, 0.1) is 0 Å². The smallest absolute Gasteiger partial charge is 0.463 e. The van der Waals surface area contributed by atoms with Crippen LogP contribution in [-0.4, -0.2) is 95.9 Å². The maximum Gasteiger partial charge on any atom is 0.472 e. The van der Waals surface area contributed by atoms with E-state index >= 15 is 0 Å². The molecule has 0 aliphatic rings. The zero-order valence-electron chi connectivity index (χ0n) is 62.4. The first-order valence-electron chi connectivity index (χ1n) is 39.2. The topological polar surface area (TPSA) is 231 Å². The number of phosphoric ester groups is 2. The second-order valence-corrected chi connectivity index (χ2v) is 29.0. The monoisotopic (exact) mass is 1430 g/mol. The van der Waals surface area contributed by atoms with Crippen LogP contribution >= 0.6 is 15.6 Å². The van der Waals surface area contributed by atoms with Crippen molar-refractivity contribution in [3.63, 3.8) is 0 Å². The Hall–Kier alpha value is -3.79. The number of ether oxygens (including phenoxy) is 3. The number of aliphatic hydroxyl groups is 2. The molecule has 4 N–H and O–H groups in total. The number of unbranched alkanes of at least 4 members (excludes halogenated alkanes) is 33. The number of carbonyl (C=O) groups is 3. The fourth-order valence-corrected chi connectivity index (χ4v) is 12.1. The fourth-order valence-electron chi connectivity index (χ4n) is 10.5. The van der Waals surface area contributed by atoms with E-state index in [0.717, 1.165) is 141 Å². The van der Waals surface area contributed by atoms with Gasteiger partial charge in [0.1, 0.15) is 25.4 Å². The van der Waals surface area contributed by atoms with Crippen LogP contribution in [0.1, 0.15) is 329 Å². The molecule has 0 aromatic carbocycles. The summed E-state index contributed by atoms with van der Waals surface area (Å²) in [6, 6.07) is 0. The van der Waals surface area contributed by atoms with Crippen molar-refractivity contribution in [2.75, 3.05) is 39.6 Å². The molecule has 0 saturated heterocycles. The van der Waals surface area contributed by atoms with Gasteiger partial charge in [-0.25, -0.2) is 9.13 Å².